The molecule has 3 rings (SSSR count). The maximum atomic E-state index is 14.1. The van der Waals surface area contributed by atoms with Crippen molar-refractivity contribution in [2.75, 3.05) is 18.4 Å². The first-order chi connectivity index (χ1) is 13.5. The number of hydrogen-bond acceptors (Lipinski definition) is 5. The Kier molecular flexibility index (Phi) is 5.53. The molecule has 0 bridgehead atoms. The molecule has 0 atom stereocenters. The van der Waals surface area contributed by atoms with E-state index >= 15 is 0 Å². The summed E-state index contributed by atoms with van der Waals surface area (Å²) in [7, 11) is 0. The highest BCUT2D eigenvalue weighted by Crippen LogP contribution is 2.28. The van der Waals surface area contributed by atoms with Crippen molar-refractivity contribution in [1.82, 2.24) is 14.9 Å². The van der Waals surface area contributed by atoms with Crippen molar-refractivity contribution >= 4 is 17.5 Å². The maximum Gasteiger partial charge on any atom is 0.573 e. The van der Waals surface area contributed by atoms with E-state index in [9.17, 15) is 31.1 Å². The first kappa shape index (κ1) is 20.7. The number of ether oxygens (including phenoxy) is 1. The minimum absolute atomic E-state index is 0.0333. The molecular formula is C17H14F6N4O2. The maximum absolute atomic E-state index is 14.1. The highest BCUT2D eigenvalue weighted by Gasteiger charge is 2.38. The van der Waals surface area contributed by atoms with Gasteiger partial charge in [-0.15, -0.1) is 13.2 Å². The first-order valence-corrected chi connectivity index (χ1v) is 8.35. The van der Waals surface area contributed by atoms with Crippen molar-refractivity contribution in [3.05, 3.63) is 42.0 Å². The van der Waals surface area contributed by atoms with Crippen molar-refractivity contribution in [3.63, 3.8) is 0 Å². The number of anilines is 2. The second-order valence-corrected chi connectivity index (χ2v) is 6.26. The van der Waals surface area contributed by atoms with Gasteiger partial charge >= 0.3 is 6.36 Å². The minimum Gasteiger partial charge on any atom is -0.406 e. The van der Waals surface area contributed by atoms with Crippen LogP contribution in [-0.4, -0.2) is 46.1 Å². The molecule has 6 nitrogen and oxygen atoms in total. The molecule has 0 aromatic carbocycles. The number of amides is 1. The van der Waals surface area contributed by atoms with Crippen LogP contribution in [0, 0.1) is 5.82 Å². The second-order valence-electron chi connectivity index (χ2n) is 6.26. The quantitative estimate of drug-likeness (QED) is 0.754. The van der Waals surface area contributed by atoms with Crippen LogP contribution < -0.4 is 10.1 Å². The molecule has 1 aliphatic rings. The smallest absolute Gasteiger partial charge is 0.406 e. The Balaban J connectivity index is 1.79. The molecule has 1 amide bonds. The van der Waals surface area contributed by atoms with Crippen molar-refractivity contribution in [2.45, 2.75) is 25.1 Å². The Morgan fingerprint density at radius 3 is 2.66 bits per heavy atom. The van der Waals surface area contributed by atoms with E-state index in [0.29, 0.717) is 0 Å². The minimum atomic E-state index is -4.90. The van der Waals surface area contributed by atoms with Gasteiger partial charge in [-0.1, -0.05) is 0 Å². The van der Waals surface area contributed by atoms with Crippen molar-refractivity contribution in [2.24, 2.45) is 0 Å². The lowest BCUT2D eigenvalue weighted by molar-refractivity contribution is -0.274. The zero-order chi connectivity index (χ0) is 21.2. The molecule has 1 N–H and O–H groups in total. The molecule has 156 valence electrons. The summed E-state index contributed by atoms with van der Waals surface area (Å²) in [4.78, 5) is 20.8. The summed E-state index contributed by atoms with van der Waals surface area (Å²) >= 11 is 0. The predicted octanol–water partition coefficient (Wildman–Crippen LogP) is 4.13. The van der Waals surface area contributed by atoms with Gasteiger partial charge in [0.15, 0.2) is 11.5 Å². The van der Waals surface area contributed by atoms with E-state index in [1.807, 2.05) is 0 Å². The lowest BCUT2D eigenvalue weighted by Gasteiger charge is -2.32. The van der Waals surface area contributed by atoms with Crippen LogP contribution in [0.3, 0.4) is 0 Å². The number of halogens is 6. The normalized spacial score (nSPS) is 16.4. The van der Waals surface area contributed by atoms with Crippen LogP contribution in [0.1, 0.15) is 23.3 Å². The Hall–Kier alpha value is -3.05. The van der Waals surface area contributed by atoms with E-state index in [1.165, 1.54) is 0 Å². The highest BCUT2D eigenvalue weighted by atomic mass is 19.4. The van der Waals surface area contributed by atoms with Gasteiger partial charge in [0.2, 0.25) is 0 Å². The molecule has 0 aliphatic carbocycles. The molecule has 1 fully saturated rings. The van der Waals surface area contributed by atoms with Gasteiger partial charge in [0.1, 0.15) is 17.4 Å². The molecule has 0 unspecified atom stereocenters. The van der Waals surface area contributed by atoms with E-state index in [2.05, 4.69) is 20.0 Å². The number of pyridine rings is 2. The van der Waals surface area contributed by atoms with Crippen molar-refractivity contribution in [1.29, 1.82) is 0 Å². The van der Waals surface area contributed by atoms with E-state index in [1.54, 1.807) is 0 Å². The summed E-state index contributed by atoms with van der Waals surface area (Å²) in [5, 5.41) is 2.52. The average molecular weight is 420 g/mol. The summed E-state index contributed by atoms with van der Waals surface area (Å²) in [5.41, 5.74) is -0.685. The number of aromatic nitrogens is 2. The van der Waals surface area contributed by atoms with Crippen molar-refractivity contribution < 1.29 is 35.9 Å². The molecule has 12 heteroatoms. The summed E-state index contributed by atoms with van der Waals surface area (Å²) in [6.45, 7) is -0.811. The van der Waals surface area contributed by atoms with Crippen LogP contribution in [0.2, 0.25) is 0 Å². The highest BCUT2D eigenvalue weighted by molar-refractivity contribution is 5.93. The molecule has 1 saturated heterocycles. The van der Waals surface area contributed by atoms with Crippen LogP contribution >= 0.6 is 0 Å². The Labute approximate surface area is 160 Å². The largest absolute Gasteiger partial charge is 0.573 e. The molecule has 0 saturated carbocycles. The van der Waals surface area contributed by atoms with Gasteiger partial charge in [-0.25, -0.2) is 23.1 Å². The standard InChI is InChI=1S/C17H14F6N4O2/c18-11-2-3-12(25-13-8-10(4-6-24-13)29-17(21,22)23)26-14(11)15(28)27-7-1-5-16(19,20)9-27/h2-4,6,8H,1,5,7,9H2,(H,24,25,26). The Morgan fingerprint density at radius 1 is 1.21 bits per heavy atom. The zero-order valence-corrected chi connectivity index (χ0v) is 14.6. The molecule has 0 radical (unpaired) electrons. The number of carbonyl (C=O) groups is 1. The topological polar surface area (TPSA) is 67.3 Å². The first-order valence-electron chi connectivity index (χ1n) is 8.35. The summed E-state index contributed by atoms with van der Waals surface area (Å²) in [6, 6.07) is 3.91. The molecule has 3 heterocycles. The molecule has 1 aliphatic heterocycles. The predicted molar refractivity (Wildman–Crippen MR) is 88.5 cm³/mol. The number of hydrogen-bond donors (Lipinski definition) is 1. The summed E-state index contributed by atoms with van der Waals surface area (Å²) in [5.74, 6) is -5.87. The number of likely N-dealkylation sites (tertiary alicyclic amines) is 1. The van der Waals surface area contributed by atoms with E-state index in [4.69, 9.17) is 0 Å². The third-order valence-electron chi connectivity index (χ3n) is 3.95. The Morgan fingerprint density at radius 2 is 1.97 bits per heavy atom. The number of carbonyl (C=O) groups excluding carboxylic acids is 1. The van der Waals surface area contributed by atoms with Crippen LogP contribution in [0.15, 0.2) is 30.5 Å². The van der Waals surface area contributed by atoms with Gasteiger partial charge in [0.25, 0.3) is 11.8 Å². The number of nitrogens with zero attached hydrogens (tertiary/aromatic N) is 3. The SMILES string of the molecule is O=C(c1nc(Nc2cc(OC(F)(F)F)ccn2)ccc1F)N1CCCC(F)(F)C1. The number of alkyl halides is 5. The lowest BCUT2D eigenvalue weighted by Crippen LogP contribution is -2.46. The fourth-order valence-electron chi connectivity index (χ4n) is 2.76. The van der Waals surface area contributed by atoms with Crippen LogP contribution in [0.5, 0.6) is 5.75 Å². The van der Waals surface area contributed by atoms with Crippen LogP contribution in [-0.2, 0) is 0 Å². The lowest BCUT2D eigenvalue weighted by atomic mass is 10.1. The number of piperidine rings is 1. The molecule has 2 aromatic rings. The van der Waals surface area contributed by atoms with Gasteiger partial charge in [0, 0.05) is 25.2 Å². The monoisotopic (exact) mass is 420 g/mol. The van der Waals surface area contributed by atoms with Gasteiger partial charge in [-0.3, -0.25) is 4.79 Å². The summed E-state index contributed by atoms with van der Waals surface area (Å²) < 4.78 is 81.8. The summed E-state index contributed by atoms with van der Waals surface area (Å²) in [6.07, 6.45) is -4.16. The van der Waals surface area contributed by atoms with Crippen molar-refractivity contribution in [3.8, 4) is 5.75 Å². The van der Waals surface area contributed by atoms with Crippen LogP contribution in [0.25, 0.3) is 0 Å². The van der Waals surface area contributed by atoms with Gasteiger partial charge < -0.3 is 15.0 Å². The number of rotatable bonds is 4. The molecular weight excluding hydrogens is 406 g/mol. The Bertz CT molecular complexity index is 906. The van der Waals surface area contributed by atoms with Crippen LogP contribution in [0.4, 0.5) is 38.0 Å². The average Bonchev–Trinajstić information content (AvgIpc) is 2.61. The molecule has 2 aromatic heterocycles. The fraction of sp³-hybridized carbons (Fsp3) is 0.353. The van der Waals surface area contributed by atoms with E-state index < -0.39 is 42.0 Å². The zero-order valence-electron chi connectivity index (χ0n) is 14.6. The fourth-order valence-corrected chi connectivity index (χ4v) is 2.76. The number of nitrogens with one attached hydrogen (secondary N) is 1. The van der Waals surface area contributed by atoms with E-state index in [0.717, 1.165) is 35.4 Å². The third kappa shape index (κ3) is 5.48. The third-order valence-corrected chi connectivity index (χ3v) is 3.95. The molecule has 0 spiro atoms. The van der Waals surface area contributed by atoms with Gasteiger partial charge in [-0.05, 0) is 24.6 Å². The van der Waals surface area contributed by atoms with E-state index in [-0.39, 0.29) is 31.0 Å². The molecule has 29 heavy (non-hydrogen) atoms. The second kappa shape index (κ2) is 7.76. The van der Waals surface area contributed by atoms with Gasteiger partial charge in [-0.2, -0.15) is 0 Å². The van der Waals surface area contributed by atoms with Gasteiger partial charge in [0.05, 0.1) is 6.54 Å².